The van der Waals surface area contributed by atoms with Crippen molar-refractivity contribution in [1.82, 2.24) is 0 Å². The van der Waals surface area contributed by atoms with Gasteiger partial charge in [-0.2, -0.15) is 0 Å². The minimum atomic E-state index is -0.0319. The summed E-state index contributed by atoms with van der Waals surface area (Å²) in [4.78, 5) is 19.5. The summed E-state index contributed by atoms with van der Waals surface area (Å²) in [6, 6.07) is 16.4. The van der Waals surface area contributed by atoms with Gasteiger partial charge in [0.25, 0.3) is 0 Å². The van der Waals surface area contributed by atoms with Gasteiger partial charge in [-0.05, 0) is 48.2 Å². The van der Waals surface area contributed by atoms with Crippen LogP contribution in [0.1, 0.15) is 5.56 Å². The standard InChI is InChI=1S/C22H22N4O2S/c1-15-14-29-22(24-20(23)13-27)21(15)25(2)17-8-9-19-18(12-17)26(10-11-28-19)16-6-4-3-5-7-16/h3-9,12-14H,10-11H2,1-2H3,(H2,23,24). The smallest absolute Gasteiger partial charge is 0.184 e. The van der Waals surface area contributed by atoms with Crippen molar-refractivity contribution in [2.45, 2.75) is 6.92 Å². The fourth-order valence-corrected chi connectivity index (χ4v) is 4.44. The number of nitrogens with zero attached hydrogens (tertiary/aromatic N) is 3. The van der Waals surface area contributed by atoms with E-state index >= 15 is 0 Å². The van der Waals surface area contributed by atoms with Gasteiger partial charge in [-0.3, -0.25) is 4.79 Å². The number of hydrogen-bond donors (Lipinski definition) is 1. The molecule has 0 fully saturated rings. The van der Waals surface area contributed by atoms with Crippen LogP contribution in [0.25, 0.3) is 0 Å². The molecule has 0 bridgehead atoms. The van der Waals surface area contributed by atoms with Crippen molar-refractivity contribution in [3.63, 3.8) is 0 Å². The average Bonchev–Trinajstić information content (AvgIpc) is 3.12. The van der Waals surface area contributed by atoms with Gasteiger partial charge in [0.2, 0.25) is 0 Å². The van der Waals surface area contributed by atoms with Gasteiger partial charge in [0, 0.05) is 18.4 Å². The molecule has 6 nitrogen and oxygen atoms in total. The Labute approximate surface area is 173 Å². The Hall–Kier alpha value is -3.32. The number of ether oxygens (including phenoxy) is 1. The minimum Gasteiger partial charge on any atom is -0.490 e. The largest absolute Gasteiger partial charge is 0.490 e. The topological polar surface area (TPSA) is 71.2 Å². The number of aliphatic imine (C=N–C) groups is 1. The minimum absolute atomic E-state index is 0.0319. The lowest BCUT2D eigenvalue weighted by atomic mass is 10.1. The number of anilines is 4. The summed E-state index contributed by atoms with van der Waals surface area (Å²) < 4.78 is 5.88. The highest BCUT2D eigenvalue weighted by molar-refractivity contribution is 7.14. The third-order valence-electron chi connectivity index (χ3n) is 4.87. The molecule has 0 saturated carbocycles. The maximum absolute atomic E-state index is 10.9. The number of hydrogen-bond acceptors (Lipinski definition) is 6. The highest BCUT2D eigenvalue weighted by Crippen LogP contribution is 2.44. The number of carbonyl (C=O) groups is 1. The number of nitrogens with two attached hydrogens (primary N) is 1. The van der Waals surface area contributed by atoms with Gasteiger partial charge in [0.05, 0.1) is 17.9 Å². The number of benzene rings is 2. The van der Waals surface area contributed by atoms with Gasteiger partial charge >= 0.3 is 0 Å². The molecule has 2 N–H and O–H groups in total. The Balaban J connectivity index is 1.75. The van der Waals surface area contributed by atoms with Crippen molar-refractivity contribution in [1.29, 1.82) is 0 Å². The Morgan fingerprint density at radius 1 is 1.28 bits per heavy atom. The molecule has 2 aromatic carbocycles. The third-order valence-corrected chi connectivity index (χ3v) is 5.85. The molecule has 0 amide bonds. The highest BCUT2D eigenvalue weighted by atomic mass is 32.1. The third kappa shape index (κ3) is 3.69. The van der Waals surface area contributed by atoms with Gasteiger partial charge in [-0.15, -0.1) is 11.3 Å². The van der Waals surface area contributed by atoms with Crippen molar-refractivity contribution in [2.24, 2.45) is 10.7 Å². The number of aryl methyl sites for hydroxylation is 1. The van der Waals surface area contributed by atoms with Gasteiger partial charge in [-0.1, -0.05) is 18.2 Å². The van der Waals surface area contributed by atoms with Crippen molar-refractivity contribution in [2.75, 3.05) is 30.0 Å². The number of para-hydroxylation sites is 1. The van der Waals surface area contributed by atoms with Crippen LogP contribution in [0.5, 0.6) is 5.75 Å². The van der Waals surface area contributed by atoms with E-state index in [9.17, 15) is 4.79 Å². The molecule has 0 spiro atoms. The molecule has 1 aliphatic rings. The number of rotatable bonds is 5. The Kier molecular flexibility index (Phi) is 5.22. The summed E-state index contributed by atoms with van der Waals surface area (Å²) in [6.45, 7) is 3.45. The van der Waals surface area contributed by atoms with E-state index in [-0.39, 0.29) is 5.84 Å². The predicted molar refractivity (Wildman–Crippen MR) is 120 cm³/mol. The van der Waals surface area contributed by atoms with E-state index in [1.165, 1.54) is 11.3 Å². The molecule has 1 aromatic heterocycles. The molecule has 0 unspecified atom stereocenters. The molecule has 1 aliphatic heterocycles. The molecule has 0 aliphatic carbocycles. The lowest BCUT2D eigenvalue weighted by molar-refractivity contribution is -0.102. The zero-order valence-electron chi connectivity index (χ0n) is 16.3. The first-order chi connectivity index (χ1) is 14.1. The van der Waals surface area contributed by atoms with E-state index in [0.717, 1.165) is 40.6 Å². The zero-order valence-corrected chi connectivity index (χ0v) is 17.1. The second-order valence-electron chi connectivity index (χ2n) is 6.77. The number of amidine groups is 1. The molecule has 29 heavy (non-hydrogen) atoms. The van der Waals surface area contributed by atoms with Gasteiger partial charge in [-0.25, -0.2) is 4.99 Å². The first kappa shape index (κ1) is 19.0. The van der Waals surface area contributed by atoms with Crippen LogP contribution in [0.2, 0.25) is 0 Å². The molecular formula is C22H22N4O2S. The van der Waals surface area contributed by atoms with Gasteiger partial charge < -0.3 is 20.3 Å². The Morgan fingerprint density at radius 3 is 2.83 bits per heavy atom. The van der Waals surface area contributed by atoms with Gasteiger partial charge in [0.1, 0.15) is 17.4 Å². The zero-order chi connectivity index (χ0) is 20.4. The lowest BCUT2D eigenvalue weighted by Crippen LogP contribution is -2.28. The van der Waals surface area contributed by atoms with E-state index < -0.39 is 0 Å². The van der Waals surface area contributed by atoms with Crippen LogP contribution in [-0.2, 0) is 4.79 Å². The Bertz CT molecular complexity index is 1060. The normalized spacial score (nSPS) is 13.6. The number of aldehydes is 1. The van der Waals surface area contributed by atoms with E-state index in [1.54, 1.807) is 0 Å². The van der Waals surface area contributed by atoms with Crippen LogP contribution < -0.4 is 20.3 Å². The fraction of sp³-hybridized carbons (Fsp3) is 0.182. The van der Waals surface area contributed by atoms with Crippen LogP contribution in [-0.4, -0.2) is 32.3 Å². The highest BCUT2D eigenvalue weighted by Gasteiger charge is 2.22. The predicted octanol–water partition coefficient (Wildman–Crippen LogP) is 4.54. The molecule has 148 valence electrons. The summed E-state index contributed by atoms with van der Waals surface area (Å²) in [7, 11) is 1.99. The van der Waals surface area contributed by atoms with Crippen molar-refractivity contribution in [3.05, 3.63) is 59.5 Å². The molecule has 3 aromatic rings. The number of fused-ring (bicyclic) bond motifs is 1. The molecule has 7 heteroatoms. The second kappa shape index (κ2) is 7.97. The maximum atomic E-state index is 10.9. The van der Waals surface area contributed by atoms with Crippen LogP contribution in [0.4, 0.5) is 27.8 Å². The van der Waals surface area contributed by atoms with E-state index in [2.05, 4.69) is 33.0 Å². The lowest BCUT2D eigenvalue weighted by Gasteiger charge is -2.32. The average molecular weight is 407 g/mol. The summed E-state index contributed by atoms with van der Waals surface area (Å²) in [5.41, 5.74) is 10.8. The van der Waals surface area contributed by atoms with Crippen molar-refractivity contribution < 1.29 is 9.53 Å². The van der Waals surface area contributed by atoms with Crippen LogP contribution in [0.15, 0.2) is 58.9 Å². The van der Waals surface area contributed by atoms with Crippen LogP contribution >= 0.6 is 11.3 Å². The quantitative estimate of drug-likeness (QED) is 0.383. The first-order valence-corrected chi connectivity index (χ1v) is 10.2. The first-order valence-electron chi connectivity index (χ1n) is 9.29. The maximum Gasteiger partial charge on any atom is 0.184 e. The summed E-state index contributed by atoms with van der Waals surface area (Å²) in [5.74, 6) is 0.832. The molecule has 2 heterocycles. The van der Waals surface area contributed by atoms with Crippen molar-refractivity contribution in [3.8, 4) is 5.75 Å². The van der Waals surface area contributed by atoms with E-state index in [0.29, 0.717) is 17.9 Å². The van der Waals surface area contributed by atoms with Crippen LogP contribution in [0.3, 0.4) is 0 Å². The number of carbonyl (C=O) groups excluding carboxylic acids is 1. The van der Waals surface area contributed by atoms with Crippen LogP contribution in [0, 0.1) is 6.92 Å². The Morgan fingerprint density at radius 2 is 2.07 bits per heavy atom. The molecule has 0 radical (unpaired) electrons. The molecule has 4 rings (SSSR count). The number of thiophene rings is 1. The SMILES string of the molecule is Cc1csc(/N=C(/N)C=O)c1N(C)c1ccc2c(c1)N(c1ccccc1)CCO2. The summed E-state index contributed by atoms with van der Waals surface area (Å²) in [6.07, 6.45) is 0.562. The second-order valence-corrected chi connectivity index (χ2v) is 7.63. The van der Waals surface area contributed by atoms with Crippen molar-refractivity contribution >= 4 is 51.2 Å². The molecule has 0 atom stereocenters. The van der Waals surface area contributed by atoms with E-state index in [1.807, 2.05) is 49.7 Å². The molecule has 0 saturated heterocycles. The van der Waals surface area contributed by atoms with E-state index in [4.69, 9.17) is 10.5 Å². The fourth-order valence-electron chi connectivity index (χ4n) is 3.48. The molecular weight excluding hydrogens is 384 g/mol. The summed E-state index contributed by atoms with van der Waals surface area (Å²) in [5, 5.41) is 2.73. The summed E-state index contributed by atoms with van der Waals surface area (Å²) >= 11 is 1.47. The monoisotopic (exact) mass is 406 g/mol. The van der Waals surface area contributed by atoms with Gasteiger partial charge in [0.15, 0.2) is 12.1 Å².